The van der Waals surface area contributed by atoms with Gasteiger partial charge < -0.3 is 25.2 Å². The predicted octanol–water partition coefficient (Wildman–Crippen LogP) is 3.34. The molecule has 6 heteroatoms. The molecular formula is C25H40N2O4. The van der Waals surface area contributed by atoms with Crippen LogP contribution in [0, 0.1) is 12.8 Å². The highest BCUT2D eigenvalue weighted by Gasteiger charge is 2.27. The highest BCUT2D eigenvalue weighted by molar-refractivity contribution is 5.76. The molecule has 1 aromatic rings. The first-order valence-corrected chi connectivity index (χ1v) is 12.1. The van der Waals surface area contributed by atoms with Gasteiger partial charge in [-0.3, -0.25) is 4.79 Å². The normalized spacial score (nSPS) is 19.8. The van der Waals surface area contributed by atoms with Gasteiger partial charge in [-0.1, -0.05) is 38.2 Å². The monoisotopic (exact) mass is 432 g/mol. The van der Waals surface area contributed by atoms with Crippen LogP contribution in [0.15, 0.2) is 18.2 Å². The lowest BCUT2D eigenvalue weighted by molar-refractivity contribution is -0.123. The molecular weight excluding hydrogens is 392 g/mol. The molecule has 6 nitrogen and oxygen atoms in total. The number of hydrogen-bond donors (Lipinski definition) is 3. The molecule has 2 unspecified atom stereocenters. The third-order valence-electron chi connectivity index (χ3n) is 6.77. The number of aliphatic hydroxyl groups is 2. The molecule has 1 saturated carbocycles. The van der Waals surface area contributed by atoms with Crippen LogP contribution in [0.3, 0.4) is 0 Å². The van der Waals surface area contributed by atoms with Crippen LogP contribution in [0.1, 0.15) is 75.0 Å². The van der Waals surface area contributed by atoms with Crippen molar-refractivity contribution in [2.45, 2.75) is 76.9 Å². The standard InChI is InChI=1S/C25H40N2O4/c1-19-17-21(10-11-23(19)31-16-15-28)25(30)22(18-27-13-5-6-14-27)26-24(29)12-9-20-7-3-2-4-8-20/h10-11,17,20,22,25,28,30H,2-9,12-16,18H2,1H3,(H,26,29). The molecule has 3 rings (SSSR count). The Morgan fingerprint density at radius 3 is 2.61 bits per heavy atom. The van der Waals surface area contributed by atoms with Crippen molar-refractivity contribution in [3.05, 3.63) is 29.3 Å². The molecule has 0 aromatic heterocycles. The van der Waals surface area contributed by atoms with E-state index in [2.05, 4.69) is 10.2 Å². The summed E-state index contributed by atoms with van der Waals surface area (Å²) in [7, 11) is 0. The van der Waals surface area contributed by atoms with E-state index in [0.717, 1.165) is 30.6 Å². The fraction of sp³-hybridized carbons (Fsp3) is 0.720. The molecule has 2 atom stereocenters. The second kappa shape index (κ2) is 12.4. The van der Waals surface area contributed by atoms with Crippen LogP contribution in [0.2, 0.25) is 0 Å². The molecule has 0 radical (unpaired) electrons. The van der Waals surface area contributed by atoms with Crippen LogP contribution in [-0.2, 0) is 4.79 Å². The average molecular weight is 433 g/mol. The Morgan fingerprint density at radius 1 is 1.19 bits per heavy atom. The lowest BCUT2D eigenvalue weighted by Crippen LogP contribution is -2.46. The zero-order chi connectivity index (χ0) is 22.1. The number of likely N-dealkylation sites (tertiary alicyclic amines) is 1. The number of hydrogen-bond acceptors (Lipinski definition) is 5. The van der Waals surface area contributed by atoms with E-state index in [0.29, 0.717) is 24.6 Å². The van der Waals surface area contributed by atoms with E-state index in [4.69, 9.17) is 9.84 Å². The van der Waals surface area contributed by atoms with Crippen molar-refractivity contribution < 1.29 is 19.7 Å². The zero-order valence-corrected chi connectivity index (χ0v) is 19.0. The summed E-state index contributed by atoms with van der Waals surface area (Å²) in [5, 5.41) is 23.3. The summed E-state index contributed by atoms with van der Waals surface area (Å²) >= 11 is 0. The van der Waals surface area contributed by atoms with Crippen molar-refractivity contribution in [3.63, 3.8) is 0 Å². The van der Waals surface area contributed by atoms with Crippen molar-refractivity contribution in [1.29, 1.82) is 0 Å². The number of amides is 1. The molecule has 1 aliphatic carbocycles. The van der Waals surface area contributed by atoms with E-state index in [1.807, 2.05) is 25.1 Å². The van der Waals surface area contributed by atoms with Crippen LogP contribution >= 0.6 is 0 Å². The van der Waals surface area contributed by atoms with E-state index < -0.39 is 6.10 Å². The Balaban J connectivity index is 1.62. The number of carbonyl (C=O) groups is 1. The minimum Gasteiger partial charge on any atom is -0.491 e. The topological polar surface area (TPSA) is 82.0 Å². The second-order valence-electron chi connectivity index (χ2n) is 9.27. The van der Waals surface area contributed by atoms with E-state index >= 15 is 0 Å². The molecule has 31 heavy (non-hydrogen) atoms. The van der Waals surface area contributed by atoms with Gasteiger partial charge in [0.05, 0.1) is 12.6 Å². The Morgan fingerprint density at radius 2 is 1.94 bits per heavy atom. The number of ether oxygens (including phenoxy) is 1. The molecule has 174 valence electrons. The van der Waals surface area contributed by atoms with E-state index in [1.54, 1.807) is 0 Å². The molecule has 0 bridgehead atoms. The van der Waals surface area contributed by atoms with Crippen LogP contribution in [0.4, 0.5) is 0 Å². The SMILES string of the molecule is Cc1cc(C(O)C(CN2CCCC2)NC(=O)CCC2CCCCC2)ccc1OCCO. The Kier molecular flexibility index (Phi) is 9.62. The van der Waals surface area contributed by atoms with Gasteiger partial charge in [0.2, 0.25) is 5.91 Å². The summed E-state index contributed by atoms with van der Waals surface area (Å²) < 4.78 is 5.53. The summed E-state index contributed by atoms with van der Waals surface area (Å²) in [5.74, 6) is 1.43. The highest BCUT2D eigenvalue weighted by atomic mass is 16.5. The summed E-state index contributed by atoms with van der Waals surface area (Å²) in [6, 6.07) is 5.28. The zero-order valence-electron chi connectivity index (χ0n) is 19.0. The lowest BCUT2D eigenvalue weighted by atomic mass is 9.86. The maximum atomic E-state index is 12.8. The molecule has 0 spiro atoms. The molecule has 1 heterocycles. The summed E-state index contributed by atoms with van der Waals surface area (Å²) in [4.78, 5) is 15.1. The number of nitrogens with zero attached hydrogens (tertiary/aromatic N) is 1. The van der Waals surface area contributed by atoms with Crippen LogP contribution in [0.5, 0.6) is 5.75 Å². The van der Waals surface area contributed by atoms with Gasteiger partial charge in [0.15, 0.2) is 0 Å². The van der Waals surface area contributed by atoms with Crippen LogP contribution < -0.4 is 10.1 Å². The summed E-state index contributed by atoms with van der Waals surface area (Å²) in [6.45, 7) is 4.85. The largest absolute Gasteiger partial charge is 0.491 e. The summed E-state index contributed by atoms with van der Waals surface area (Å²) in [5.41, 5.74) is 1.69. The number of rotatable bonds is 11. The Labute approximate surface area is 187 Å². The van der Waals surface area contributed by atoms with Gasteiger partial charge in [0, 0.05) is 13.0 Å². The number of benzene rings is 1. The quantitative estimate of drug-likeness (QED) is 0.500. The average Bonchev–Trinajstić information content (AvgIpc) is 3.30. The van der Waals surface area contributed by atoms with Gasteiger partial charge in [-0.2, -0.15) is 0 Å². The smallest absolute Gasteiger partial charge is 0.220 e. The Bertz CT molecular complexity index is 684. The first kappa shape index (κ1) is 24.0. The summed E-state index contributed by atoms with van der Waals surface area (Å²) in [6.07, 6.45) is 9.48. The van der Waals surface area contributed by atoms with Gasteiger partial charge in [0.25, 0.3) is 0 Å². The number of nitrogens with one attached hydrogen (secondary N) is 1. The van der Waals surface area contributed by atoms with E-state index in [9.17, 15) is 9.90 Å². The third-order valence-corrected chi connectivity index (χ3v) is 6.77. The predicted molar refractivity (Wildman–Crippen MR) is 122 cm³/mol. The van der Waals surface area contributed by atoms with Gasteiger partial charge in [-0.05, 0) is 68.5 Å². The molecule has 1 saturated heterocycles. The van der Waals surface area contributed by atoms with Gasteiger partial charge >= 0.3 is 0 Å². The van der Waals surface area contributed by atoms with Gasteiger partial charge in [-0.25, -0.2) is 0 Å². The molecule has 1 amide bonds. The highest BCUT2D eigenvalue weighted by Crippen LogP contribution is 2.28. The van der Waals surface area contributed by atoms with Crippen molar-refractivity contribution in [2.24, 2.45) is 5.92 Å². The van der Waals surface area contributed by atoms with Crippen LogP contribution in [-0.4, -0.2) is 59.9 Å². The minimum atomic E-state index is -0.773. The lowest BCUT2D eigenvalue weighted by Gasteiger charge is -2.29. The fourth-order valence-corrected chi connectivity index (χ4v) is 4.96. The maximum absolute atomic E-state index is 12.8. The maximum Gasteiger partial charge on any atom is 0.220 e. The van der Waals surface area contributed by atoms with E-state index in [-0.39, 0.29) is 25.2 Å². The van der Waals surface area contributed by atoms with Crippen molar-refractivity contribution in [3.8, 4) is 5.75 Å². The molecule has 1 aromatic carbocycles. The Hall–Kier alpha value is -1.63. The van der Waals surface area contributed by atoms with E-state index in [1.165, 1.54) is 44.9 Å². The fourth-order valence-electron chi connectivity index (χ4n) is 4.96. The van der Waals surface area contributed by atoms with Crippen molar-refractivity contribution >= 4 is 5.91 Å². The van der Waals surface area contributed by atoms with Crippen molar-refractivity contribution in [2.75, 3.05) is 32.8 Å². The second-order valence-corrected chi connectivity index (χ2v) is 9.27. The minimum absolute atomic E-state index is 0.0331. The molecule has 2 aliphatic rings. The number of carbonyl (C=O) groups excluding carboxylic acids is 1. The molecule has 3 N–H and O–H groups in total. The van der Waals surface area contributed by atoms with Crippen molar-refractivity contribution in [1.82, 2.24) is 10.2 Å². The van der Waals surface area contributed by atoms with Crippen LogP contribution in [0.25, 0.3) is 0 Å². The van der Waals surface area contributed by atoms with Gasteiger partial charge in [-0.15, -0.1) is 0 Å². The number of aliphatic hydroxyl groups excluding tert-OH is 2. The molecule has 2 fully saturated rings. The first-order chi connectivity index (χ1) is 15.1. The molecule has 1 aliphatic heterocycles. The first-order valence-electron chi connectivity index (χ1n) is 12.1. The third kappa shape index (κ3) is 7.48. The van der Waals surface area contributed by atoms with Gasteiger partial charge in [0.1, 0.15) is 18.5 Å². The number of aryl methyl sites for hydroxylation is 1.